The summed E-state index contributed by atoms with van der Waals surface area (Å²) < 4.78 is 21.3. The van der Waals surface area contributed by atoms with E-state index in [1.807, 2.05) is 6.07 Å². The van der Waals surface area contributed by atoms with E-state index in [9.17, 15) is 14.4 Å². The maximum absolute atomic E-state index is 16.1. The van der Waals surface area contributed by atoms with Gasteiger partial charge in [-0.05, 0) is 80.2 Å². The molecule has 44 heavy (non-hydrogen) atoms. The van der Waals surface area contributed by atoms with Crippen LogP contribution in [0.4, 0.5) is 10.1 Å². The van der Waals surface area contributed by atoms with Crippen molar-refractivity contribution in [1.29, 1.82) is 0 Å². The molecule has 0 radical (unpaired) electrons. The number of nitrogens with one attached hydrogen (secondary N) is 3. The van der Waals surface area contributed by atoms with Crippen LogP contribution in [0.15, 0.2) is 36.4 Å². The minimum atomic E-state index is -1.27. The Labute approximate surface area is 267 Å². The molecule has 2 heterocycles. The van der Waals surface area contributed by atoms with Crippen molar-refractivity contribution in [3.05, 3.63) is 63.4 Å². The molecule has 3 saturated carbocycles. The Bertz CT molecular complexity index is 1530. The Morgan fingerprint density at radius 3 is 2.59 bits per heavy atom. The Morgan fingerprint density at radius 1 is 1.02 bits per heavy atom. The molecule has 0 aromatic heterocycles. The first-order chi connectivity index (χ1) is 21.2. The second kappa shape index (κ2) is 11.0. The van der Waals surface area contributed by atoms with Crippen molar-refractivity contribution in [1.82, 2.24) is 10.6 Å². The van der Waals surface area contributed by atoms with Gasteiger partial charge in [-0.3, -0.25) is 19.7 Å². The summed E-state index contributed by atoms with van der Waals surface area (Å²) in [7, 11) is 1.44. The zero-order valence-electron chi connectivity index (χ0n) is 24.8. The molecular formula is C34H38Cl2FN3O4. The molecule has 6 atom stereocenters. The number of methoxy groups -OCH3 is 1. The predicted molar refractivity (Wildman–Crippen MR) is 166 cm³/mol. The van der Waals surface area contributed by atoms with Crippen molar-refractivity contribution in [3.8, 4) is 0 Å². The Kier molecular flexibility index (Phi) is 7.49. The first-order valence-corrected chi connectivity index (χ1v) is 16.6. The first-order valence-electron chi connectivity index (χ1n) is 15.9. The van der Waals surface area contributed by atoms with Gasteiger partial charge in [-0.15, -0.1) is 0 Å². The van der Waals surface area contributed by atoms with Crippen molar-refractivity contribution in [2.24, 2.45) is 11.3 Å². The highest BCUT2D eigenvalue weighted by molar-refractivity contribution is 6.31. The van der Waals surface area contributed by atoms with E-state index in [4.69, 9.17) is 27.9 Å². The maximum Gasteiger partial charge on any atom is 0.311 e. The molecule has 2 amide bonds. The average Bonchev–Trinajstić information content (AvgIpc) is 3.47. The zero-order valence-corrected chi connectivity index (χ0v) is 26.3. The lowest BCUT2D eigenvalue weighted by molar-refractivity contribution is -0.159. The molecule has 2 aromatic rings. The van der Waals surface area contributed by atoms with Crippen LogP contribution in [0.1, 0.15) is 87.7 Å². The normalized spacial score (nSPS) is 33.6. The van der Waals surface area contributed by atoms with Gasteiger partial charge in [-0.25, -0.2) is 4.39 Å². The lowest BCUT2D eigenvalue weighted by Gasteiger charge is -2.47. The predicted octanol–water partition coefficient (Wildman–Crippen LogP) is 6.41. The third kappa shape index (κ3) is 4.27. The van der Waals surface area contributed by atoms with Crippen LogP contribution in [0.2, 0.25) is 10.0 Å². The fourth-order valence-electron chi connectivity index (χ4n) is 9.83. The number of amides is 2. The fourth-order valence-corrected chi connectivity index (χ4v) is 10.2. The van der Waals surface area contributed by atoms with E-state index >= 15 is 4.39 Å². The zero-order chi connectivity index (χ0) is 30.9. The molecule has 2 aliphatic heterocycles. The van der Waals surface area contributed by atoms with Crippen LogP contribution >= 0.6 is 23.2 Å². The Balaban J connectivity index is 1.33. The van der Waals surface area contributed by atoms with Crippen LogP contribution in [0, 0.1) is 17.2 Å². The number of ether oxygens (including phenoxy) is 1. The molecule has 7 rings (SSSR count). The minimum absolute atomic E-state index is 0.0511. The van der Waals surface area contributed by atoms with E-state index in [0.717, 1.165) is 44.1 Å². The second-order valence-corrected chi connectivity index (χ2v) is 14.5. The van der Waals surface area contributed by atoms with Crippen LogP contribution in [0.25, 0.3) is 0 Å². The van der Waals surface area contributed by atoms with E-state index in [2.05, 4.69) is 16.0 Å². The average molecular weight is 643 g/mol. The van der Waals surface area contributed by atoms with Crippen molar-refractivity contribution in [2.45, 2.75) is 99.6 Å². The summed E-state index contributed by atoms with van der Waals surface area (Å²) in [5.74, 6) is -2.02. The second-order valence-electron chi connectivity index (χ2n) is 13.6. The number of hydrogen-bond acceptors (Lipinski definition) is 5. The number of rotatable bonds is 4. The van der Waals surface area contributed by atoms with Crippen molar-refractivity contribution >= 4 is 46.7 Å². The topological polar surface area (TPSA) is 96.5 Å². The van der Waals surface area contributed by atoms with Crippen LogP contribution < -0.4 is 16.0 Å². The van der Waals surface area contributed by atoms with Gasteiger partial charge in [0.2, 0.25) is 11.8 Å². The summed E-state index contributed by atoms with van der Waals surface area (Å²) in [5.41, 5.74) is -0.965. The summed E-state index contributed by atoms with van der Waals surface area (Å²) in [6, 6.07) is 9.15. The van der Waals surface area contributed by atoms with Gasteiger partial charge in [-0.1, -0.05) is 67.1 Å². The maximum atomic E-state index is 16.1. The van der Waals surface area contributed by atoms with Crippen LogP contribution in [-0.2, 0) is 24.5 Å². The monoisotopic (exact) mass is 641 g/mol. The van der Waals surface area contributed by atoms with Crippen LogP contribution in [0.5, 0.6) is 0 Å². The molecule has 7 nitrogen and oxygen atoms in total. The molecule has 3 N–H and O–H groups in total. The molecule has 3 unspecified atom stereocenters. The summed E-state index contributed by atoms with van der Waals surface area (Å²) in [6.07, 6.45) is 8.72. The molecule has 2 spiro atoms. The van der Waals surface area contributed by atoms with Crippen molar-refractivity contribution < 1.29 is 23.5 Å². The Morgan fingerprint density at radius 2 is 1.82 bits per heavy atom. The summed E-state index contributed by atoms with van der Waals surface area (Å²) in [5, 5.41) is 10.6. The molecule has 3 aliphatic carbocycles. The van der Waals surface area contributed by atoms with Gasteiger partial charge in [0.05, 0.1) is 23.6 Å². The molecule has 1 saturated heterocycles. The quantitative estimate of drug-likeness (QED) is 0.335. The number of benzene rings is 2. The van der Waals surface area contributed by atoms with Crippen LogP contribution in [0.3, 0.4) is 0 Å². The fraction of sp³-hybridized carbons (Fsp3) is 0.559. The van der Waals surface area contributed by atoms with Gasteiger partial charge < -0.3 is 15.4 Å². The van der Waals surface area contributed by atoms with Gasteiger partial charge in [0.15, 0.2) is 0 Å². The largest absolute Gasteiger partial charge is 0.469 e. The van der Waals surface area contributed by atoms with Crippen molar-refractivity contribution in [3.63, 3.8) is 0 Å². The van der Waals surface area contributed by atoms with Gasteiger partial charge >= 0.3 is 5.97 Å². The first kappa shape index (κ1) is 30.0. The lowest BCUT2D eigenvalue weighted by Crippen LogP contribution is -2.60. The van der Waals surface area contributed by atoms with Gasteiger partial charge in [0.1, 0.15) is 11.2 Å². The summed E-state index contributed by atoms with van der Waals surface area (Å²) in [6.45, 7) is 0. The SMILES string of the molecule is COC(=O)C12CCCC(C1)C(NC(=O)[C@H]1NC3(CCCCC3)[C@]3(C(=O)Nc4cc(Cl)ccc43)[C@@H]1c1cccc(Cl)c1F)CC2. The van der Waals surface area contributed by atoms with Crippen molar-refractivity contribution in [2.75, 3.05) is 12.4 Å². The highest BCUT2D eigenvalue weighted by atomic mass is 35.5. The molecule has 2 aromatic carbocycles. The third-order valence-electron chi connectivity index (χ3n) is 11.6. The number of esters is 1. The minimum Gasteiger partial charge on any atom is -0.469 e. The van der Waals surface area contributed by atoms with Gasteiger partial charge in [0, 0.05) is 28.2 Å². The highest BCUT2D eigenvalue weighted by Gasteiger charge is 2.72. The number of anilines is 1. The molecule has 4 fully saturated rings. The lowest BCUT2D eigenvalue weighted by atomic mass is 9.55. The smallest absolute Gasteiger partial charge is 0.311 e. The molecule has 234 valence electrons. The van der Waals surface area contributed by atoms with Gasteiger partial charge in [-0.2, -0.15) is 0 Å². The number of carbonyl (C=O) groups is 3. The standard InChI is InChI=1S/C34H38Cl2FN3O4/c1-44-31(43)32-13-6-7-19(18-32)24(12-16-32)38-29(41)28-26(21-8-5-9-23(36)27(21)37)34(33(40-28)14-3-2-4-15-33)22-11-10-20(35)17-25(22)39-30(34)42/h5,8-11,17,19,24,26,28,40H,2-4,6-7,12-16,18H2,1H3,(H,38,41)(H,39,42)/t19?,24?,26-,28+,32?,34+/m1/s1. The van der Waals surface area contributed by atoms with E-state index in [-0.39, 0.29) is 40.3 Å². The van der Waals surface area contributed by atoms with E-state index in [0.29, 0.717) is 42.8 Å². The number of halogens is 3. The number of carbonyl (C=O) groups excluding carboxylic acids is 3. The number of hydrogen-bond donors (Lipinski definition) is 3. The molecule has 5 aliphatic rings. The van der Waals surface area contributed by atoms with E-state index in [1.54, 1.807) is 24.3 Å². The van der Waals surface area contributed by atoms with E-state index in [1.165, 1.54) is 13.2 Å². The third-order valence-corrected chi connectivity index (χ3v) is 12.2. The molecular weight excluding hydrogens is 604 g/mol. The number of fused-ring (bicyclic) bond motifs is 5. The van der Waals surface area contributed by atoms with E-state index < -0.39 is 34.1 Å². The highest BCUT2D eigenvalue weighted by Crippen LogP contribution is 2.63. The van der Waals surface area contributed by atoms with Gasteiger partial charge in [0.25, 0.3) is 0 Å². The summed E-state index contributed by atoms with van der Waals surface area (Å²) in [4.78, 5) is 41.9. The Hall–Kier alpha value is -2.68. The molecule has 10 heteroatoms. The van der Waals surface area contributed by atoms with Crippen LogP contribution in [-0.4, -0.2) is 42.5 Å². The summed E-state index contributed by atoms with van der Waals surface area (Å²) >= 11 is 12.7. The molecule has 2 bridgehead atoms.